The fraction of sp³-hybridized carbons (Fsp3) is 0.182. The van der Waals surface area contributed by atoms with Gasteiger partial charge in [0.2, 0.25) is 4.77 Å². The Hall–Kier alpha value is -1.75. The maximum absolute atomic E-state index is 4.99. The van der Waals surface area contributed by atoms with Crippen LogP contribution in [0.25, 0.3) is 0 Å². The van der Waals surface area contributed by atoms with Crippen molar-refractivity contribution >= 4 is 18.4 Å². The van der Waals surface area contributed by atoms with Gasteiger partial charge < -0.3 is 0 Å². The van der Waals surface area contributed by atoms with Gasteiger partial charge in [-0.3, -0.25) is 5.10 Å². The number of H-pyrrole nitrogens is 1. The van der Waals surface area contributed by atoms with Gasteiger partial charge in [-0.05, 0) is 17.8 Å². The minimum absolute atomic E-state index is 0.248. The zero-order chi connectivity index (χ0) is 11.4. The second kappa shape index (κ2) is 4.85. The third-order valence-electron chi connectivity index (χ3n) is 2.28. The van der Waals surface area contributed by atoms with E-state index in [0.29, 0.717) is 4.77 Å². The van der Waals surface area contributed by atoms with Crippen LogP contribution in [0.2, 0.25) is 0 Å². The highest BCUT2D eigenvalue weighted by atomic mass is 32.1. The Morgan fingerprint density at radius 2 is 2.19 bits per heavy atom. The van der Waals surface area contributed by atoms with Crippen LogP contribution in [-0.4, -0.2) is 21.1 Å². The van der Waals surface area contributed by atoms with E-state index in [1.165, 1.54) is 10.2 Å². The van der Waals surface area contributed by atoms with Crippen molar-refractivity contribution in [2.24, 2.45) is 5.10 Å². The molecule has 82 valence electrons. The molecule has 2 aromatic rings. The standard InChI is InChI=1S/C11H12N4S/c1-9(10-5-3-2-4-6-10)7-13-15-8-12-14-11(15)16/h2-9H,1H3,(H,14,16)/b13-7+. The van der Waals surface area contributed by atoms with Crippen LogP contribution in [0.5, 0.6) is 0 Å². The van der Waals surface area contributed by atoms with Crippen LogP contribution < -0.4 is 0 Å². The van der Waals surface area contributed by atoms with Gasteiger partial charge in [0.15, 0.2) is 0 Å². The van der Waals surface area contributed by atoms with Crippen molar-refractivity contribution in [1.29, 1.82) is 0 Å². The molecule has 0 saturated heterocycles. The fourth-order valence-corrected chi connectivity index (χ4v) is 1.49. The minimum Gasteiger partial charge on any atom is -0.250 e. The summed E-state index contributed by atoms with van der Waals surface area (Å²) < 4.78 is 2.03. The van der Waals surface area contributed by atoms with Crippen molar-refractivity contribution in [2.75, 3.05) is 0 Å². The highest BCUT2D eigenvalue weighted by Gasteiger charge is 2.00. The highest BCUT2D eigenvalue weighted by Crippen LogP contribution is 2.11. The maximum Gasteiger partial charge on any atom is 0.216 e. The molecule has 1 unspecified atom stereocenters. The first-order valence-corrected chi connectivity index (χ1v) is 5.39. The number of benzene rings is 1. The van der Waals surface area contributed by atoms with Gasteiger partial charge in [0.25, 0.3) is 0 Å². The van der Waals surface area contributed by atoms with E-state index < -0.39 is 0 Å². The van der Waals surface area contributed by atoms with Crippen LogP contribution in [0.1, 0.15) is 18.4 Å². The van der Waals surface area contributed by atoms with E-state index in [1.54, 1.807) is 6.33 Å². The molecule has 0 fully saturated rings. The van der Waals surface area contributed by atoms with Crippen molar-refractivity contribution in [3.63, 3.8) is 0 Å². The van der Waals surface area contributed by atoms with E-state index in [-0.39, 0.29) is 5.92 Å². The highest BCUT2D eigenvalue weighted by molar-refractivity contribution is 7.71. The summed E-state index contributed by atoms with van der Waals surface area (Å²) in [6, 6.07) is 10.2. The Labute approximate surface area is 98.6 Å². The van der Waals surface area contributed by atoms with Crippen molar-refractivity contribution in [2.45, 2.75) is 12.8 Å². The second-order valence-electron chi connectivity index (χ2n) is 3.47. The Bertz CT molecular complexity index is 526. The summed E-state index contributed by atoms with van der Waals surface area (Å²) in [6.45, 7) is 2.09. The molecule has 1 heterocycles. The number of hydrogen-bond acceptors (Lipinski definition) is 3. The average Bonchev–Trinajstić information content (AvgIpc) is 2.73. The third-order valence-corrected chi connectivity index (χ3v) is 2.55. The lowest BCUT2D eigenvalue weighted by atomic mass is 10.0. The molecule has 0 spiro atoms. The number of rotatable bonds is 3. The lowest BCUT2D eigenvalue weighted by Crippen LogP contribution is -1.96. The summed E-state index contributed by atoms with van der Waals surface area (Å²) in [7, 11) is 0. The Kier molecular flexibility index (Phi) is 3.26. The molecule has 1 aromatic heterocycles. The van der Waals surface area contributed by atoms with Crippen LogP contribution in [0.4, 0.5) is 0 Å². The molecule has 0 saturated carbocycles. The number of nitrogens with zero attached hydrogens (tertiary/aromatic N) is 3. The molecule has 1 atom stereocenters. The van der Waals surface area contributed by atoms with Crippen LogP contribution in [0.3, 0.4) is 0 Å². The van der Waals surface area contributed by atoms with E-state index >= 15 is 0 Å². The number of aromatic nitrogens is 3. The lowest BCUT2D eigenvalue weighted by molar-refractivity contribution is 0.848. The Balaban J connectivity index is 2.14. The van der Waals surface area contributed by atoms with Crippen LogP contribution >= 0.6 is 12.2 Å². The predicted octanol–water partition coefficient (Wildman–Crippen LogP) is 2.58. The fourth-order valence-electron chi connectivity index (χ4n) is 1.34. The smallest absolute Gasteiger partial charge is 0.216 e. The molecule has 0 aliphatic carbocycles. The summed E-state index contributed by atoms with van der Waals surface area (Å²) in [5, 5.41) is 10.7. The van der Waals surface area contributed by atoms with Crippen LogP contribution in [0.15, 0.2) is 41.8 Å². The van der Waals surface area contributed by atoms with Gasteiger partial charge >= 0.3 is 0 Å². The van der Waals surface area contributed by atoms with E-state index in [0.717, 1.165) is 0 Å². The van der Waals surface area contributed by atoms with Gasteiger partial charge in [-0.15, -0.1) is 0 Å². The number of aromatic amines is 1. The molecule has 2 rings (SSSR count). The predicted molar refractivity (Wildman–Crippen MR) is 66.2 cm³/mol. The van der Waals surface area contributed by atoms with Gasteiger partial charge in [0, 0.05) is 12.1 Å². The second-order valence-corrected chi connectivity index (χ2v) is 3.86. The molecule has 5 heteroatoms. The van der Waals surface area contributed by atoms with Gasteiger partial charge in [0.1, 0.15) is 6.33 Å². The number of hydrogen-bond donors (Lipinski definition) is 1. The quantitative estimate of drug-likeness (QED) is 0.653. The van der Waals surface area contributed by atoms with Crippen molar-refractivity contribution in [3.8, 4) is 0 Å². The monoisotopic (exact) mass is 232 g/mol. The molecule has 0 aliphatic rings. The topological polar surface area (TPSA) is 46.0 Å². The maximum atomic E-state index is 4.99. The molecular weight excluding hydrogens is 220 g/mol. The molecule has 1 aromatic carbocycles. The summed E-state index contributed by atoms with van der Waals surface area (Å²) in [5.74, 6) is 0.248. The van der Waals surface area contributed by atoms with Gasteiger partial charge in [-0.1, -0.05) is 37.3 Å². The minimum atomic E-state index is 0.248. The van der Waals surface area contributed by atoms with Crippen molar-refractivity contribution < 1.29 is 0 Å². The summed E-state index contributed by atoms with van der Waals surface area (Å²) in [5.41, 5.74) is 1.22. The molecule has 4 nitrogen and oxygen atoms in total. The number of nitrogens with one attached hydrogen (secondary N) is 1. The van der Waals surface area contributed by atoms with E-state index in [1.807, 2.05) is 24.4 Å². The molecular formula is C11H12N4S. The molecule has 1 N–H and O–H groups in total. The van der Waals surface area contributed by atoms with Gasteiger partial charge in [-0.25, -0.2) is 0 Å². The lowest BCUT2D eigenvalue weighted by Gasteiger charge is -2.04. The van der Waals surface area contributed by atoms with Gasteiger partial charge in [-0.2, -0.15) is 14.9 Å². The Morgan fingerprint density at radius 3 is 2.81 bits per heavy atom. The zero-order valence-corrected chi connectivity index (χ0v) is 9.69. The van der Waals surface area contributed by atoms with Crippen molar-refractivity contribution in [1.82, 2.24) is 14.9 Å². The molecule has 0 bridgehead atoms. The van der Waals surface area contributed by atoms with E-state index in [2.05, 4.69) is 34.4 Å². The first kappa shape index (κ1) is 10.8. The van der Waals surface area contributed by atoms with E-state index in [4.69, 9.17) is 12.2 Å². The van der Waals surface area contributed by atoms with Gasteiger partial charge in [0.05, 0.1) is 0 Å². The first-order valence-electron chi connectivity index (χ1n) is 4.99. The summed E-state index contributed by atoms with van der Waals surface area (Å²) in [6.07, 6.45) is 3.40. The summed E-state index contributed by atoms with van der Waals surface area (Å²) in [4.78, 5) is 0. The van der Waals surface area contributed by atoms with E-state index in [9.17, 15) is 0 Å². The average molecular weight is 232 g/mol. The van der Waals surface area contributed by atoms with Crippen LogP contribution in [0, 0.1) is 4.77 Å². The zero-order valence-electron chi connectivity index (χ0n) is 8.87. The molecule has 0 aliphatic heterocycles. The summed E-state index contributed by atoms with van der Waals surface area (Å²) >= 11 is 4.99. The molecule has 0 radical (unpaired) electrons. The van der Waals surface area contributed by atoms with Crippen LogP contribution in [-0.2, 0) is 0 Å². The SMILES string of the molecule is CC(/C=N/n1cn[nH]c1=S)c1ccccc1. The van der Waals surface area contributed by atoms with Crippen molar-refractivity contribution in [3.05, 3.63) is 47.0 Å². The first-order chi connectivity index (χ1) is 7.77. The normalized spacial score (nSPS) is 13.1. The third kappa shape index (κ3) is 2.43. The molecule has 16 heavy (non-hydrogen) atoms. The Morgan fingerprint density at radius 1 is 1.44 bits per heavy atom. The molecule has 0 amide bonds. The largest absolute Gasteiger partial charge is 0.250 e.